The van der Waals surface area contributed by atoms with Crippen LogP contribution in [0.25, 0.3) is 5.57 Å². The van der Waals surface area contributed by atoms with Crippen molar-refractivity contribution in [3.8, 4) is 5.75 Å². The lowest BCUT2D eigenvalue weighted by Crippen LogP contribution is -2.29. The van der Waals surface area contributed by atoms with E-state index in [0.29, 0.717) is 48.4 Å². The molecule has 2 unspecified atom stereocenters. The molecule has 10 heteroatoms. The fourth-order valence-electron chi connectivity index (χ4n) is 4.08. The average molecular weight is 483 g/mol. The molecule has 0 saturated carbocycles. The van der Waals surface area contributed by atoms with Gasteiger partial charge in [-0.1, -0.05) is 17.7 Å². The van der Waals surface area contributed by atoms with Crippen LogP contribution in [0.4, 0.5) is 14.7 Å². The van der Waals surface area contributed by atoms with Crippen LogP contribution >= 0.6 is 11.6 Å². The standard InChI is InChI=1S/C22H25ClF2N4O2S/c1-32(30)29-7-3-16(4-8-29)17-10-19(24)21(20(25)11-17)31-9-5-15-2-6-28(14-15)22-26-12-18(23)13-27-22/h3,10-13,15H,2,4-9,14H2,1H3. The molecular formula is C22H25ClF2N4O2S. The molecule has 3 heterocycles. The summed E-state index contributed by atoms with van der Waals surface area (Å²) in [5, 5.41) is 0.493. The maximum Gasteiger partial charge on any atom is 0.225 e. The van der Waals surface area contributed by atoms with Crippen LogP contribution in [0.5, 0.6) is 5.75 Å². The summed E-state index contributed by atoms with van der Waals surface area (Å²) >= 11 is 5.83. The minimum absolute atomic E-state index is 0.229. The molecule has 1 aromatic carbocycles. The van der Waals surface area contributed by atoms with Crippen molar-refractivity contribution in [2.24, 2.45) is 5.92 Å². The van der Waals surface area contributed by atoms with Crippen molar-refractivity contribution < 1.29 is 17.7 Å². The number of halogens is 3. The fraction of sp³-hybridized carbons (Fsp3) is 0.455. The second kappa shape index (κ2) is 10.2. The first-order valence-electron chi connectivity index (χ1n) is 10.5. The van der Waals surface area contributed by atoms with E-state index in [9.17, 15) is 13.0 Å². The van der Waals surface area contributed by atoms with Gasteiger partial charge in [-0.2, -0.15) is 0 Å². The molecule has 0 amide bonds. The SMILES string of the molecule is CS(=O)N1CC=C(c2cc(F)c(OCCC3CCN(c4ncc(Cl)cn4)C3)c(F)c2)CC1. The molecule has 1 fully saturated rings. The lowest BCUT2D eigenvalue weighted by atomic mass is 10.00. The predicted molar refractivity (Wildman–Crippen MR) is 122 cm³/mol. The van der Waals surface area contributed by atoms with E-state index >= 15 is 0 Å². The highest BCUT2D eigenvalue weighted by molar-refractivity contribution is 7.81. The van der Waals surface area contributed by atoms with Gasteiger partial charge in [0.05, 0.1) is 35.0 Å². The van der Waals surface area contributed by atoms with E-state index in [1.165, 1.54) is 12.1 Å². The maximum absolute atomic E-state index is 14.6. The minimum atomic E-state index is -1.05. The summed E-state index contributed by atoms with van der Waals surface area (Å²) in [5.41, 5.74) is 1.36. The monoisotopic (exact) mass is 482 g/mol. The van der Waals surface area contributed by atoms with Crippen LogP contribution in [0, 0.1) is 17.6 Å². The first-order valence-corrected chi connectivity index (χ1v) is 12.4. The average Bonchev–Trinajstić information content (AvgIpc) is 3.25. The van der Waals surface area contributed by atoms with Crippen LogP contribution in [0.3, 0.4) is 0 Å². The Morgan fingerprint density at radius 1 is 1.22 bits per heavy atom. The molecule has 0 N–H and O–H groups in total. The summed E-state index contributed by atoms with van der Waals surface area (Å²) in [7, 11) is -1.05. The molecule has 2 aromatic rings. The molecule has 2 aliphatic heterocycles. The Bertz CT molecular complexity index is 998. The fourth-order valence-corrected chi connectivity index (χ4v) is 4.81. The Morgan fingerprint density at radius 2 is 1.94 bits per heavy atom. The lowest BCUT2D eigenvalue weighted by Gasteiger charge is -2.24. The molecule has 32 heavy (non-hydrogen) atoms. The van der Waals surface area contributed by atoms with Gasteiger partial charge in [-0.3, -0.25) is 0 Å². The number of hydrogen-bond donors (Lipinski definition) is 0. The zero-order valence-electron chi connectivity index (χ0n) is 17.8. The third-order valence-electron chi connectivity index (χ3n) is 5.85. The normalized spacial score (nSPS) is 20.3. The van der Waals surface area contributed by atoms with Crippen molar-refractivity contribution in [2.45, 2.75) is 19.3 Å². The first kappa shape index (κ1) is 23.1. The van der Waals surface area contributed by atoms with Gasteiger partial charge in [0.25, 0.3) is 0 Å². The van der Waals surface area contributed by atoms with E-state index in [0.717, 1.165) is 25.1 Å². The largest absolute Gasteiger partial charge is 0.488 e. The van der Waals surface area contributed by atoms with Crippen LogP contribution in [-0.2, 0) is 11.0 Å². The lowest BCUT2D eigenvalue weighted by molar-refractivity contribution is 0.259. The highest BCUT2D eigenvalue weighted by Crippen LogP contribution is 2.30. The van der Waals surface area contributed by atoms with E-state index in [1.54, 1.807) is 23.0 Å². The van der Waals surface area contributed by atoms with Crippen LogP contribution in [0.2, 0.25) is 5.02 Å². The van der Waals surface area contributed by atoms with Crippen LogP contribution < -0.4 is 9.64 Å². The molecule has 0 aliphatic carbocycles. The maximum atomic E-state index is 14.6. The molecule has 1 saturated heterocycles. The summed E-state index contributed by atoms with van der Waals surface area (Å²) in [6, 6.07) is 2.63. The zero-order valence-corrected chi connectivity index (χ0v) is 19.3. The van der Waals surface area contributed by atoms with E-state index < -0.39 is 22.6 Å². The molecule has 0 spiro atoms. The highest BCUT2D eigenvalue weighted by atomic mass is 35.5. The van der Waals surface area contributed by atoms with Crippen molar-refractivity contribution >= 4 is 34.1 Å². The van der Waals surface area contributed by atoms with Gasteiger partial charge in [-0.15, -0.1) is 0 Å². The molecular weight excluding hydrogens is 458 g/mol. The second-order valence-corrected chi connectivity index (χ2v) is 9.80. The number of ether oxygens (including phenoxy) is 1. The zero-order chi connectivity index (χ0) is 22.7. The summed E-state index contributed by atoms with van der Waals surface area (Å²) in [6.07, 6.45) is 8.84. The van der Waals surface area contributed by atoms with Gasteiger partial charge in [0.15, 0.2) is 17.4 Å². The number of rotatable bonds is 7. The van der Waals surface area contributed by atoms with Gasteiger partial charge in [0.1, 0.15) is 0 Å². The first-order chi connectivity index (χ1) is 15.4. The molecule has 4 rings (SSSR count). The smallest absolute Gasteiger partial charge is 0.225 e. The van der Waals surface area contributed by atoms with Gasteiger partial charge >= 0.3 is 0 Å². The summed E-state index contributed by atoms with van der Waals surface area (Å²) in [6.45, 7) is 2.91. The molecule has 1 aromatic heterocycles. The predicted octanol–water partition coefficient (Wildman–Crippen LogP) is 4.09. The molecule has 0 bridgehead atoms. The molecule has 172 valence electrons. The van der Waals surface area contributed by atoms with Crippen molar-refractivity contribution in [3.63, 3.8) is 0 Å². The number of hydrogen-bond acceptors (Lipinski definition) is 5. The van der Waals surface area contributed by atoms with Gasteiger partial charge < -0.3 is 9.64 Å². The number of benzene rings is 1. The molecule has 2 aliphatic rings. The molecule has 6 nitrogen and oxygen atoms in total. The topological polar surface area (TPSA) is 58.6 Å². The van der Waals surface area contributed by atoms with Crippen molar-refractivity contribution in [3.05, 3.63) is 52.8 Å². The van der Waals surface area contributed by atoms with E-state index in [-0.39, 0.29) is 12.4 Å². The summed E-state index contributed by atoms with van der Waals surface area (Å²) in [5.74, 6) is -0.776. The van der Waals surface area contributed by atoms with Crippen LogP contribution in [0.1, 0.15) is 24.8 Å². The molecule has 2 atom stereocenters. The Hall–Kier alpha value is -2.10. The minimum Gasteiger partial charge on any atom is -0.488 e. The van der Waals surface area contributed by atoms with Crippen molar-refractivity contribution in [1.29, 1.82) is 0 Å². The Labute approximate surface area is 193 Å². The Kier molecular flexibility index (Phi) is 7.37. The summed E-state index contributed by atoms with van der Waals surface area (Å²) in [4.78, 5) is 10.5. The van der Waals surface area contributed by atoms with Gasteiger partial charge in [-0.25, -0.2) is 27.3 Å². The van der Waals surface area contributed by atoms with Gasteiger partial charge in [0.2, 0.25) is 5.95 Å². The van der Waals surface area contributed by atoms with E-state index in [2.05, 4.69) is 14.9 Å². The molecule has 0 radical (unpaired) electrons. The number of nitrogens with zero attached hydrogens (tertiary/aromatic N) is 4. The number of aromatic nitrogens is 2. The summed E-state index contributed by atoms with van der Waals surface area (Å²) < 4.78 is 48.0. The Morgan fingerprint density at radius 3 is 2.56 bits per heavy atom. The van der Waals surface area contributed by atoms with Gasteiger partial charge in [0, 0.05) is 32.4 Å². The van der Waals surface area contributed by atoms with Crippen molar-refractivity contribution in [1.82, 2.24) is 14.3 Å². The van der Waals surface area contributed by atoms with Crippen molar-refractivity contribution in [2.75, 3.05) is 43.9 Å². The van der Waals surface area contributed by atoms with E-state index in [1.807, 2.05) is 6.08 Å². The quantitative estimate of drug-likeness (QED) is 0.595. The number of anilines is 1. The Balaban J connectivity index is 1.31. The van der Waals surface area contributed by atoms with Crippen LogP contribution in [-0.4, -0.2) is 57.5 Å². The third kappa shape index (κ3) is 5.44. The van der Waals surface area contributed by atoms with Crippen LogP contribution in [0.15, 0.2) is 30.6 Å². The van der Waals surface area contributed by atoms with E-state index in [4.69, 9.17) is 16.3 Å². The third-order valence-corrected chi connectivity index (χ3v) is 7.11. The second-order valence-electron chi connectivity index (χ2n) is 8.00. The highest BCUT2D eigenvalue weighted by Gasteiger charge is 2.25. The van der Waals surface area contributed by atoms with Gasteiger partial charge in [-0.05, 0) is 48.4 Å².